The lowest BCUT2D eigenvalue weighted by atomic mass is 10.1. The second-order valence-corrected chi connectivity index (χ2v) is 12.7. The number of carboxylic acids is 1. The van der Waals surface area contributed by atoms with Crippen LogP contribution in [0.5, 0.6) is 5.75 Å². The lowest BCUT2D eigenvalue weighted by Gasteiger charge is -2.26. The summed E-state index contributed by atoms with van der Waals surface area (Å²) >= 11 is 0. The van der Waals surface area contributed by atoms with Gasteiger partial charge in [0.1, 0.15) is 24.4 Å². The van der Waals surface area contributed by atoms with Gasteiger partial charge in [0.05, 0.1) is 18.2 Å². The number of aliphatic carboxylic acids is 1. The molecule has 1 saturated carbocycles. The van der Waals surface area contributed by atoms with E-state index in [1.54, 1.807) is 32.0 Å². The van der Waals surface area contributed by atoms with Crippen LogP contribution in [0.25, 0.3) is 6.20 Å². The number of hydrogen-bond donors (Lipinski definition) is 4. The Morgan fingerprint density at radius 3 is 2.50 bits per heavy atom. The van der Waals surface area contributed by atoms with Gasteiger partial charge in [0.2, 0.25) is 0 Å². The average molecular weight is 610 g/mol. The molecule has 0 amide bonds. The molecule has 3 rings (SSSR count). The number of carboxylic acid groups (broad SMARTS) is 1. The Labute approximate surface area is 242 Å². The quantitative estimate of drug-likeness (QED) is 0.170. The maximum Gasteiger partial charge on any atom is 0.459 e. The van der Waals surface area contributed by atoms with Crippen LogP contribution in [0.15, 0.2) is 46.9 Å². The van der Waals surface area contributed by atoms with Crippen LogP contribution >= 0.6 is 7.75 Å². The molecule has 15 heteroatoms. The number of carbonyl (C=O) groups is 2. The van der Waals surface area contributed by atoms with Crippen molar-refractivity contribution >= 4 is 31.7 Å². The Bertz CT molecular complexity index is 1420. The first kappa shape index (κ1) is 32.9. The molecule has 0 bridgehead atoms. The van der Waals surface area contributed by atoms with Crippen molar-refractivity contribution in [2.75, 3.05) is 18.9 Å². The van der Waals surface area contributed by atoms with E-state index in [0.717, 1.165) is 10.8 Å². The number of hydrogen-bond acceptors (Lipinski definition) is 10. The summed E-state index contributed by atoms with van der Waals surface area (Å²) in [6, 6.07) is 5.87. The standard InChI is InChI=1S/C27H37FN5O8P/c1-16(2)10-21(24(34)35)32-42(38,41-19-8-6-5-7-9-19)40-15-27(14-39-25(36)22(29)17(3)4)11-18(27)12-33-13-20(28)23(30)31-26(33)37/h5-9,12-13,16-17,21-22H,10-11,14-15,29H2,1-4H3,(H,32,38)(H,34,35)(H2,30,31,37)/b18-12-/t21?,22?,27-,42-/m0/s1. The number of rotatable bonds is 15. The number of anilines is 1. The summed E-state index contributed by atoms with van der Waals surface area (Å²) in [6.07, 6.45) is 2.47. The van der Waals surface area contributed by atoms with Gasteiger partial charge in [-0.3, -0.25) is 18.7 Å². The molecule has 1 heterocycles. The summed E-state index contributed by atoms with van der Waals surface area (Å²) in [5.41, 5.74) is 9.80. The Kier molecular flexibility index (Phi) is 10.7. The molecule has 6 N–H and O–H groups in total. The molecular weight excluding hydrogens is 572 g/mol. The Balaban J connectivity index is 1.93. The zero-order valence-electron chi connectivity index (χ0n) is 23.9. The predicted octanol–water partition coefficient (Wildman–Crippen LogP) is 3.01. The number of nitrogens with zero attached hydrogens (tertiary/aromatic N) is 2. The molecule has 2 aromatic rings. The van der Waals surface area contributed by atoms with Crippen molar-refractivity contribution in [2.45, 2.75) is 52.6 Å². The molecular formula is C27H37FN5O8P. The zero-order valence-corrected chi connectivity index (χ0v) is 24.8. The van der Waals surface area contributed by atoms with Crippen molar-refractivity contribution in [2.24, 2.45) is 23.0 Å². The molecule has 1 aliphatic carbocycles. The van der Waals surface area contributed by atoms with Crippen molar-refractivity contribution in [3.63, 3.8) is 0 Å². The Morgan fingerprint density at radius 2 is 1.90 bits per heavy atom. The summed E-state index contributed by atoms with van der Waals surface area (Å²) in [6.45, 7) is 6.46. The number of nitrogen functional groups attached to an aromatic ring is 1. The molecule has 1 fully saturated rings. The van der Waals surface area contributed by atoms with Crippen LogP contribution in [-0.4, -0.2) is 51.9 Å². The number of benzene rings is 1. The highest BCUT2D eigenvalue weighted by Gasteiger charge is 2.53. The fourth-order valence-corrected chi connectivity index (χ4v) is 5.51. The van der Waals surface area contributed by atoms with Crippen molar-refractivity contribution in [3.05, 3.63) is 58.4 Å². The number of para-hydroxylation sites is 1. The minimum absolute atomic E-state index is 0.0649. The van der Waals surface area contributed by atoms with Crippen molar-refractivity contribution in [1.29, 1.82) is 0 Å². The minimum Gasteiger partial charge on any atom is -0.480 e. The van der Waals surface area contributed by atoms with Crippen molar-refractivity contribution in [1.82, 2.24) is 14.6 Å². The number of nitrogens with one attached hydrogen (secondary N) is 1. The van der Waals surface area contributed by atoms with E-state index < -0.39 is 54.5 Å². The molecule has 0 saturated heterocycles. The lowest BCUT2D eigenvalue weighted by Crippen LogP contribution is -2.39. The average Bonchev–Trinajstić information content (AvgIpc) is 3.61. The highest BCUT2D eigenvalue weighted by Crippen LogP contribution is 2.56. The SMILES string of the molecule is CC(C)CC(N[P@](=O)(OC[C@@]1(COC(=O)C(N)C(C)C)C/C1=C/n1cc(F)c(N)nc1=O)Oc1ccccc1)C(=O)O. The number of halogens is 1. The van der Waals surface area contributed by atoms with Gasteiger partial charge in [-0.25, -0.2) is 13.8 Å². The minimum atomic E-state index is -4.36. The first-order chi connectivity index (χ1) is 19.6. The molecule has 4 atom stereocenters. The van der Waals surface area contributed by atoms with E-state index in [1.807, 2.05) is 13.8 Å². The molecule has 13 nitrogen and oxygen atoms in total. The Morgan fingerprint density at radius 1 is 1.24 bits per heavy atom. The van der Waals surface area contributed by atoms with E-state index in [0.29, 0.717) is 5.57 Å². The molecule has 0 spiro atoms. The van der Waals surface area contributed by atoms with E-state index >= 15 is 0 Å². The van der Waals surface area contributed by atoms with Gasteiger partial charge in [-0.15, -0.1) is 0 Å². The fraction of sp³-hybridized carbons (Fsp3) is 0.481. The van der Waals surface area contributed by atoms with Crippen LogP contribution in [0.4, 0.5) is 10.2 Å². The summed E-state index contributed by atoms with van der Waals surface area (Å²) < 4.78 is 45.8. The molecule has 0 radical (unpaired) electrons. The Hall–Kier alpha value is -3.58. The van der Waals surface area contributed by atoms with E-state index in [2.05, 4.69) is 10.1 Å². The van der Waals surface area contributed by atoms with Crippen LogP contribution in [0.1, 0.15) is 40.5 Å². The molecule has 1 aliphatic rings. The number of aromatic nitrogens is 2. The molecule has 2 unspecified atom stereocenters. The highest BCUT2D eigenvalue weighted by molar-refractivity contribution is 7.52. The van der Waals surface area contributed by atoms with Crippen LogP contribution in [0.2, 0.25) is 0 Å². The molecule has 230 valence electrons. The van der Waals surface area contributed by atoms with Gasteiger partial charge in [0.15, 0.2) is 11.6 Å². The molecule has 0 aliphatic heterocycles. The van der Waals surface area contributed by atoms with Gasteiger partial charge in [0.25, 0.3) is 0 Å². The zero-order chi connectivity index (χ0) is 31.2. The van der Waals surface area contributed by atoms with Crippen LogP contribution in [0.3, 0.4) is 0 Å². The van der Waals surface area contributed by atoms with E-state index in [-0.39, 0.29) is 43.6 Å². The predicted molar refractivity (Wildman–Crippen MR) is 153 cm³/mol. The van der Waals surface area contributed by atoms with Gasteiger partial charge < -0.3 is 25.8 Å². The summed E-state index contributed by atoms with van der Waals surface area (Å²) in [5.74, 6) is -3.53. The summed E-state index contributed by atoms with van der Waals surface area (Å²) in [4.78, 5) is 40.2. The second kappa shape index (κ2) is 13.6. The third kappa shape index (κ3) is 8.71. The fourth-order valence-electron chi connectivity index (χ4n) is 3.92. The normalized spacial score (nSPS) is 20.2. The number of carbonyl (C=O) groups excluding carboxylic acids is 1. The van der Waals surface area contributed by atoms with Gasteiger partial charge >= 0.3 is 25.4 Å². The maximum atomic E-state index is 14.0. The smallest absolute Gasteiger partial charge is 0.459 e. The highest BCUT2D eigenvalue weighted by atomic mass is 31.2. The van der Waals surface area contributed by atoms with Gasteiger partial charge in [-0.1, -0.05) is 45.9 Å². The van der Waals surface area contributed by atoms with Crippen molar-refractivity contribution in [3.8, 4) is 5.75 Å². The van der Waals surface area contributed by atoms with Crippen LogP contribution in [-0.2, 0) is 23.4 Å². The second-order valence-electron chi connectivity index (χ2n) is 11.0. The number of esters is 1. The van der Waals surface area contributed by atoms with Crippen molar-refractivity contribution < 1.29 is 37.4 Å². The third-order valence-corrected chi connectivity index (χ3v) is 8.14. The lowest BCUT2D eigenvalue weighted by molar-refractivity contribution is -0.148. The van der Waals surface area contributed by atoms with Gasteiger partial charge in [0, 0.05) is 6.20 Å². The molecule has 42 heavy (non-hydrogen) atoms. The van der Waals surface area contributed by atoms with Gasteiger partial charge in [-0.2, -0.15) is 10.1 Å². The monoisotopic (exact) mass is 609 g/mol. The summed E-state index contributed by atoms with van der Waals surface area (Å²) in [5, 5.41) is 12.3. The third-order valence-electron chi connectivity index (χ3n) is 6.59. The molecule has 1 aromatic carbocycles. The number of ether oxygens (including phenoxy) is 1. The first-order valence-corrected chi connectivity index (χ1v) is 14.9. The summed E-state index contributed by atoms with van der Waals surface area (Å²) in [7, 11) is -4.36. The topological polar surface area (TPSA) is 198 Å². The first-order valence-electron chi connectivity index (χ1n) is 13.3. The van der Waals surface area contributed by atoms with Crippen LogP contribution < -0.4 is 26.8 Å². The van der Waals surface area contributed by atoms with Crippen LogP contribution in [0, 0.1) is 23.1 Å². The molecule has 1 aromatic heterocycles. The van der Waals surface area contributed by atoms with E-state index in [4.69, 9.17) is 25.3 Å². The number of nitrogens with two attached hydrogens (primary N) is 2. The largest absolute Gasteiger partial charge is 0.480 e. The van der Waals surface area contributed by atoms with E-state index in [9.17, 15) is 28.4 Å². The maximum absolute atomic E-state index is 14.0. The van der Waals surface area contributed by atoms with E-state index in [1.165, 1.54) is 18.3 Å². The van der Waals surface area contributed by atoms with Gasteiger partial charge in [-0.05, 0) is 42.4 Å².